The number of alkyl halides is 2. The first-order valence-electron chi connectivity index (χ1n) is 3.87. The zero-order valence-electron chi connectivity index (χ0n) is 6.42. The minimum Gasteiger partial charge on any atom is -0.341 e. The lowest BCUT2D eigenvalue weighted by molar-refractivity contribution is -0.130. The van der Waals surface area contributed by atoms with Crippen LogP contribution in [0.1, 0.15) is 0 Å². The van der Waals surface area contributed by atoms with E-state index in [0.717, 1.165) is 0 Å². The number of hydrogen-bond acceptors (Lipinski definition) is 4. The number of halogens is 2. The molecule has 6 heteroatoms. The Labute approximate surface area is 83.8 Å². The second-order valence-electron chi connectivity index (χ2n) is 3.17. The maximum Gasteiger partial charge on any atom is 0.236 e. The lowest BCUT2D eigenvalue weighted by Crippen LogP contribution is -2.42. The number of rotatable bonds is 0. The molecule has 4 nitrogen and oxygen atoms in total. The van der Waals surface area contributed by atoms with Gasteiger partial charge in [0, 0.05) is 0 Å². The molecule has 2 fully saturated rings. The molecule has 3 aliphatic rings. The molecule has 1 spiro atoms. The minimum absolute atomic E-state index is 0.340. The third-order valence-corrected chi connectivity index (χ3v) is 3.40. The monoisotopic (exact) mass is 221 g/mol. The summed E-state index contributed by atoms with van der Waals surface area (Å²) >= 11 is 11.7. The summed E-state index contributed by atoms with van der Waals surface area (Å²) in [5, 5.41) is -0.861. The molecule has 2 atom stereocenters. The summed E-state index contributed by atoms with van der Waals surface area (Å²) in [5.41, 5.74) is 0.434. The highest BCUT2D eigenvalue weighted by Crippen LogP contribution is 2.53. The van der Waals surface area contributed by atoms with Gasteiger partial charge in [-0.3, -0.25) is 4.79 Å². The maximum atomic E-state index is 11.5. The van der Waals surface area contributed by atoms with E-state index in [0.29, 0.717) is 18.9 Å². The van der Waals surface area contributed by atoms with Gasteiger partial charge in [0.25, 0.3) is 0 Å². The van der Waals surface area contributed by atoms with Crippen LogP contribution >= 0.6 is 23.2 Å². The Kier molecular flexibility index (Phi) is 1.31. The topological polar surface area (TPSA) is 47.9 Å². The standard InChI is InChI=1S/C7H5Cl2NO3/c8-3-4(11)6(9)5(10-6)7(3)12-1-2-13-7/h3H,1-2H2/t3-,6+/m1/s1. The smallest absolute Gasteiger partial charge is 0.236 e. The third kappa shape index (κ3) is 0.722. The molecule has 0 unspecified atom stereocenters. The van der Waals surface area contributed by atoms with Crippen LogP contribution in [0.2, 0.25) is 0 Å². The molecule has 70 valence electrons. The van der Waals surface area contributed by atoms with E-state index in [2.05, 4.69) is 4.99 Å². The second-order valence-corrected chi connectivity index (χ2v) is 4.16. The molecule has 0 radical (unpaired) electrons. The number of ketones is 1. The summed E-state index contributed by atoms with van der Waals surface area (Å²) in [5.74, 6) is -1.49. The molecule has 1 saturated carbocycles. The Morgan fingerprint density at radius 2 is 2.08 bits per heavy atom. The van der Waals surface area contributed by atoms with E-state index in [1.54, 1.807) is 0 Å². The zero-order chi connectivity index (χ0) is 9.27. The molecule has 0 N–H and O–H groups in total. The predicted molar refractivity (Wildman–Crippen MR) is 45.3 cm³/mol. The molecular formula is C7H5Cl2NO3. The normalized spacial score (nSPS) is 45.2. The highest BCUT2D eigenvalue weighted by Gasteiger charge is 2.76. The van der Waals surface area contributed by atoms with E-state index in [-0.39, 0.29) is 5.78 Å². The van der Waals surface area contributed by atoms with Gasteiger partial charge in [-0.25, -0.2) is 4.99 Å². The van der Waals surface area contributed by atoms with E-state index in [1.807, 2.05) is 0 Å². The van der Waals surface area contributed by atoms with Crippen LogP contribution < -0.4 is 0 Å². The number of aliphatic imine (C=N–C) groups is 1. The Hall–Kier alpha value is -0.160. The molecule has 0 aromatic heterocycles. The summed E-state index contributed by atoms with van der Waals surface area (Å²) in [7, 11) is 0. The molecule has 13 heavy (non-hydrogen) atoms. The number of carbonyl (C=O) groups excluding carboxylic acids is 1. The maximum absolute atomic E-state index is 11.5. The van der Waals surface area contributed by atoms with Crippen LogP contribution in [0.3, 0.4) is 0 Å². The lowest BCUT2D eigenvalue weighted by Gasteiger charge is -2.21. The van der Waals surface area contributed by atoms with Crippen LogP contribution in [0.25, 0.3) is 0 Å². The Bertz CT molecular complexity index is 337. The first-order valence-corrected chi connectivity index (χ1v) is 4.69. The van der Waals surface area contributed by atoms with Gasteiger partial charge in [-0.1, -0.05) is 11.6 Å². The molecule has 3 rings (SSSR count). The van der Waals surface area contributed by atoms with Crippen molar-refractivity contribution in [3.05, 3.63) is 0 Å². The summed E-state index contributed by atoms with van der Waals surface area (Å²) in [6.45, 7) is 0.838. The zero-order valence-corrected chi connectivity index (χ0v) is 7.93. The molecule has 1 aliphatic carbocycles. The van der Waals surface area contributed by atoms with E-state index in [9.17, 15) is 4.79 Å². The van der Waals surface area contributed by atoms with Crippen LogP contribution in [0.15, 0.2) is 4.99 Å². The number of nitrogens with zero attached hydrogens (tertiary/aromatic N) is 1. The molecule has 2 aliphatic heterocycles. The van der Waals surface area contributed by atoms with Crippen molar-refractivity contribution in [3.8, 4) is 0 Å². The molecule has 0 bridgehead atoms. The summed E-state index contributed by atoms with van der Waals surface area (Å²) in [4.78, 5) is 14.1. The van der Waals surface area contributed by atoms with Crippen molar-refractivity contribution >= 4 is 34.7 Å². The average Bonchev–Trinajstić information content (AvgIpc) is 2.60. The third-order valence-electron chi connectivity index (χ3n) is 2.47. The number of ether oxygens (including phenoxy) is 2. The fraction of sp³-hybridized carbons (Fsp3) is 0.714. The van der Waals surface area contributed by atoms with Crippen molar-refractivity contribution in [2.75, 3.05) is 13.2 Å². The summed E-state index contributed by atoms with van der Waals surface area (Å²) < 4.78 is 10.6. The summed E-state index contributed by atoms with van der Waals surface area (Å²) in [6.07, 6.45) is 0. The molecule has 0 amide bonds. The van der Waals surface area contributed by atoms with Crippen molar-refractivity contribution in [2.24, 2.45) is 4.99 Å². The minimum atomic E-state index is -1.24. The van der Waals surface area contributed by atoms with E-state index < -0.39 is 16.2 Å². The SMILES string of the molecule is O=C1[C@@H](Cl)C2(OCCO2)C2=N[C@@]12Cl. The Balaban J connectivity index is 2.07. The number of carbonyl (C=O) groups is 1. The second kappa shape index (κ2) is 2.08. The van der Waals surface area contributed by atoms with E-state index in [4.69, 9.17) is 32.7 Å². The van der Waals surface area contributed by atoms with E-state index >= 15 is 0 Å². The van der Waals surface area contributed by atoms with Crippen molar-refractivity contribution < 1.29 is 14.3 Å². The van der Waals surface area contributed by atoms with Gasteiger partial charge in [0.1, 0.15) is 5.71 Å². The molecular weight excluding hydrogens is 217 g/mol. The van der Waals surface area contributed by atoms with Crippen molar-refractivity contribution in [3.63, 3.8) is 0 Å². The quantitative estimate of drug-likeness (QED) is 0.437. The van der Waals surface area contributed by atoms with Crippen molar-refractivity contribution in [1.29, 1.82) is 0 Å². The van der Waals surface area contributed by atoms with Gasteiger partial charge in [0.05, 0.1) is 13.2 Å². The van der Waals surface area contributed by atoms with Gasteiger partial charge in [-0.05, 0) is 0 Å². The number of hydrogen-bond donors (Lipinski definition) is 0. The predicted octanol–water partition coefficient (Wildman–Crippen LogP) is 0.309. The van der Waals surface area contributed by atoms with Crippen LogP contribution in [-0.4, -0.2) is 40.9 Å². The van der Waals surface area contributed by atoms with Gasteiger partial charge in [0.15, 0.2) is 5.38 Å². The van der Waals surface area contributed by atoms with Crippen LogP contribution in [-0.2, 0) is 14.3 Å². The lowest BCUT2D eigenvalue weighted by atomic mass is 10.2. The summed E-state index contributed by atoms with van der Waals surface area (Å²) in [6, 6.07) is 0. The fourth-order valence-corrected chi connectivity index (χ4v) is 2.55. The van der Waals surface area contributed by atoms with Crippen molar-refractivity contribution in [2.45, 2.75) is 16.2 Å². The number of fused-ring (bicyclic) bond motifs is 2. The highest BCUT2D eigenvalue weighted by atomic mass is 35.5. The van der Waals surface area contributed by atoms with E-state index in [1.165, 1.54) is 0 Å². The van der Waals surface area contributed by atoms with Gasteiger partial charge in [-0.15, -0.1) is 11.6 Å². The largest absolute Gasteiger partial charge is 0.341 e. The Morgan fingerprint density at radius 1 is 1.46 bits per heavy atom. The van der Waals surface area contributed by atoms with Crippen molar-refractivity contribution in [1.82, 2.24) is 0 Å². The molecule has 0 aromatic carbocycles. The average molecular weight is 222 g/mol. The number of Topliss-reactive ketones (excluding diaryl/α,β-unsaturated/α-hetero) is 1. The van der Waals surface area contributed by atoms with Crippen LogP contribution in [0.5, 0.6) is 0 Å². The molecule has 1 saturated heterocycles. The first kappa shape index (κ1) is 8.17. The van der Waals surface area contributed by atoms with Gasteiger partial charge >= 0.3 is 0 Å². The van der Waals surface area contributed by atoms with Crippen LogP contribution in [0, 0.1) is 0 Å². The van der Waals surface area contributed by atoms with Gasteiger partial charge in [-0.2, -0.15) is 0 Å². The highest BCUT2D eigenvalue weighted by molar-refractivity contribution is 6.62. The molecule has 0 aromatic rings. The fourth-order valence-electron chi connectivity index (χ4n) is 1.78. The van der Waals surface area contributed by atoms with Gasteiger partial charge < -0.3 is 9.47 Å². The molecule has 2 heterocycles. The Morgan fingerprint density at radius 3 is 2.54 bits per heavy atom. The van der Waals surface area contributed by atoms with Crippen LogP contribution in [0.4, 0.5) is 0 Å². The van der Waals surface area contributed by atoms with Gasteiger partial charge in [0.2, 0.25) is 16.6 Å². The first-order chi connectivity index (χ1) is 6.11.